The van der Waals surface area contributed by atoms with Crippen LogP contribution in [-0.2, 0) is 4.74 Å². The molecule has 1 amide bonds. The van der Waals surface area contributed by atoms with E-state index in [0.29, 0.717) is 38.9 Å². The average molecular weight is 359 g/mol. The van der Waals surface area contributed by atoms with Crippen LogP contribution < -0.4 is 0 Å². The molecule has 0 N–H and O–H groups in total. The molecule has 2 atom stereocenters. The van der Waals surface area contributed by atoms with Crippen LogP contribution in [0.4, 0.5) is 8.78 Å². The predicted molar refractivity (Wildman–Crippen MR) is 90.6 cm³/mol. The Balaban J connectivity index is 1.50. The van der Waals surface area contributed by atoms with Gasteiger partial charge in [-0.05, 0) is 5.56 Å². The maximum Gasteiger partial charge on any atom is 0.275 e. The molecular weight excluding hydrogens is 340 g/mol. The maximum atomic E-state index is 13.9. The summed E-state index contributed by atoms with van der Waals surface area (Å²) < 4.78 is 32.7. The molecule has 4 rings (SSSR count). The minimum absolute atomic E-state index is 0.0372. The fraction of sp³-hybridized carbons (Fsp3) is 0.368. The highest BCUT2D eigenvalue weighted by Gasteiger charge is 2.38. The van der Waals surface area contributed by atoms with Gasteiger partial charge in [-0.3, -0.25) is 9.69 Å². The molecule has 0 unspecified atom stereocenters. The quantitative estimate of drug-likeness (QED) is 0.825. The second kappa shape index (κ2) is 7.09. The summed E-state index contributed by atoms with van der Waals surface area (Å²) in [5, 5.41) is 0. The molecule has 2 fully saturated rings. The van der Waals surface area contributed by atoms with E-state index in [1.165, 1.54) is 5.56 Å². The van der Waals surface area contributed by atoms with Crippen molar-refractivity contribution in [1.29, 1.82) is 0 Å². The number of fused-ring (bicyclic) bond motifs is 1. The zero-order valence-electron chi connectivity index (χ0n) is 14.1. The normalized spacial score (nSPS) is 23.5. The number of halogens is 2. The largest absolute Gasteiger partial charge is 0.378 e. The van der Waals surface area contributed by atoms with E-state index in [1.807, 2.05) is 18.2 Å². The number of hydrogen-bond acceptors (Lipinski definition) is 4. The number of nitrogens with zero attached hydrogens (tertiary/aromatic N) is 3. The third kappa shape index (κ3) is 3.20. The van der Waals surface area contributed by atoms with Gasteiger partial charge in [-0.1, -0.05) is 30.3 Å². The number of rotatable bonds is 2. The molecule has 0 bridgehead atoms. The van der Waals surface area contributed by atoms with E-state index in [-0.39, 0.29) is 17.8 Å². The van der Waals surface area contributed by atoms with E-state index in [2.05, 4.69) is 22.0 Å². The molecule has 1 aromatic carbocycles. The van der Waals surface area contributed by atoms with Crippen LogP contribution >= 0.6 is 0 Å². The Hall–Kier alpha value is -2.38. The molecule has 2 aliphatic rings. The first-order valence-corrected chi connectivity index (χ1v) is 8.62. The Kier molecular flexibility index (Phi) is 4.65. The average Bonchev–Trinajstić information content (AvgIpc) is 2.67. The lowest BCUT2D eigenvalue weighted by Gasteiger charge is -2.48. The number of amides is 1. The molecule has 0 spiro atoms. The van der Waals surface area contributed by atoms with Crippen molar-refractivity contribution in [2.75, 3.05) is 32.8 Å². The highest BCUT2D eigenvalue weighted by atomic mass is 19.1. The van der Waals surface area contributed by atoms with E-state index < -0.39 is 17.5 Å². The number of carbonyl (C=O) groups excluding carboxylic acids is 1. The molecule has 2 aromatic rings. The fourth-order valence-electron chi connectivity index (χ4n) is 3.71. The minimum atomic E-state index is -0.931. The van der Waals surface area contributed by atoms with Crippen LogP contribution in [0.3, 0.4) is 0 Å². The van der Waals surface area contributed by atoms with E-state index >= 15 is 0 Å². The number of carbonyl (C=O) groups is 1. The Morgan fingerprint density at radius 1 is 1.15 bits per heavy atom. The first-order chi connectivity index (χ1) is 12.6. The van der Waals surface area contributed by atoms with Gasteiger partial charge in [-0.15, -0.1) is 0 Å². The van der Waals surface area contributed by atoms with Crippen molar-refractivity contribution in [2.45, 2.75) is 12.1 Å². The Morgan fingerprint density at radius 2 is 1.96 bits per heavy atom. The molecule has 136 valence electrons. The smallest absolute Gasteiger partial charge is 0.275 e. The first-order valence-electron chi connectivity index (χ1n) is 8.62. The molecule has 1 aromatic heterocycles. The summed E-state index contributed by atoms with van der Waals surface area (Å²) in [5.74, 6) is -2.24. The fourth-order valence-corrected chi connectivity index (χ4v) is 3.71. The molecule has 5 nitrogen and oxygen atoms in total. The Bertz CT molecular complexity index is 803. The van der Waals surface area contributed by atoms with Gasteiger partial charge in [0.2, 0.25) is 0 Å². The third-order valence-electron chi connectivity index (χ3n) is 5.00. The van der Waals surface area contributed by atoms with Crippen LogP contribution in [-0.4, -0.2) is 59.6 Å². The maximum absolute atomic E-state index is 13.9. The van der Waals surface area contributed by atoms with Crippen LogP contribution in [0.1, 0.15) is 22.1 Å². The van der Waals surface area contributed by atoms with Crippen molar-refractivity contribution in [2.24, 2.45) is 0 Å². The Labute approximate surface area is 150 Å². The zero-order valence-corrected chi connectivity index (χ0v) is 14.1. The summed E-state index contributed by atoms with van der Waals surface area (Å²) in [5.41, 5.74) is 0.847. The molecule has 3 heterocycles. The van der Waals surface area contributed by atoms with Crippen molar-refractivity contribution in [3.05, 3.63) is 65.5 Å². The van der Waals surface area contributed by atoms with Crippen LogP contribution in [0.15, 0.2) is 42.6 Å². The van der Waals surface area contributed by atoms with E-state index in [0.717, 1.165) is 6.20 Å². The highest BCUT2D eigenvalue weighted by molar-refractivity contribution is 5.92. The van der Waals surface area contributed by atoms with Crippen molar-refractivity contribution < 1.29 is 18.3 Å². The van der Waals surface area contributed by atoms with Gasteiger partial charge < -0.3 is 9.64 Å². The number of hydrogen-bond donors (Lipinski definition) is 0. The third-order valence-corrected chi connectivity index (χ3v) is 5.00. The number of piperazine rings is 1. The summed E-state index contributed by atoms with van der Waals surface area (Å²) in [4.78, 5) is 20.1. The number of ether oxygens (including phenoxy) is 1. The standard InChI is InChI=1S/C19H19F2N3O2/c20-14-8-16(21)18(22-9-14)19(25)23-6-7-24-15(10-23)11-26-12-17(24)13-4-2-1-3-5-13/h1-5,8-9,15,17H,6-7,10-12H2/t15-,17-/m1/s1. The lowest BCUT2D eigenvalue weighted by atomic mass is 10.00. The lowest BCUT2D eigenvalue weighted by Crippen LogP contribution is -2.60. The minimum Gasteiger partial charge on any atom is -0.378 e. The van der Waals surface area contributed by atoms with Crippen LogP contribution in [0, 0.1) is 11.6 Å². The number of pyridine rings is 1. The summed E-state index contributed by atoms with van der Waals surface area (Å²) in [6.45, 7) is 2.70. The second-order valence-electron chi connectivity index (χ2n) is 6.59. The molecule has 26 heavy (non-hydrogen) atoms. The van der Waals surface area contributed by atoms with Crippen LogP contribution in [0.5, 0.6) is 0 Å². The van der Waals surface area contributed by atoms with Gasteiger partial charge in [-0.25, -0.2) is 13.8 Å². The first kappa shape index (κ1) is 17.1. The van der Waals surface area contributed by atoms with E-state index in [4.69, 9.17) is 4.74 Å². The monoisotopic (exact) mass is 359 g/mol. The van der Waals surface area contributed by atoms with Crippen molar-refractivity contribution in [3.63, 3.8) is 0 Å². The van der Waals surface area contributed by atoms with Gasteiger partial charge in [0.05, 0.1) is 31.5 Å². The van der Waals surface area contributed by atoms with E-state index in [9.17, 15) is 13.6 Å². The number of benzene rings is 1. The molecule has 7 heteroatoms. The van der Waals surface area contributed by atoms with Gasteiger partial charge in [0.25, 0.3) is 5.91 Å². The van der Waals surface area contributed by atoms with Gasteiger partial charge in [-0.2, -0.15) is 0 Å². The van der Waals surface area contributed by atoms with Crippen molar-refractivity contribution in [3.8, 4) is 0 Å². The van der Waals surface area contributed by atoms with Crippen LogP contribution in [0.25, 0.3) is 0 Å². The SMILES string of the molecule is O=C(c1ncc(F)cc1F)N1CCN2[C@@H](COC[C@@H]2c2ccccc2)C1. The highest BCUT2D eigenvalue weighted by Crippen LogP contribution is 2.30. The number of aromatic nitrogens is 1. The second-order valence-corrected chi connectivity index (χ2v) is 6.59. The molecule has 2 saturated heterocycles. The van der Waals surface area contributed by atoms with E-state index in [1.54, 1.807) is 4.90 Å². The summed E-state index contributed by atoms with van der Waals surface area (Å²) in [6.07, 6.45) is 0.863. The Morgan fingerprint density at radius 3 is 2.73 bits per heavy atom. The van der Waals surface area contributed by atoms with Gasteiger partial charge in [0.15, 0.2) is 11.5 Å². The van der Waals surface area contributed by atoms with Gasteiger partial charge >= 0.3 is 0 Å². The molecule has 2 aliphatic heterocycles. The molecule has 0 radical (unpaired) electrons. The lowest BCUT2D eigenvalue weighted by molar-refractivity contribution is -0.0771. The summed E-state index contributed by atoms with van der Waals surface area (Å²) in [6, 6.07) is 11.0. The molecule has 0 saturated carbocycles. The molecule has 0 aliphatic carbocycles. The zero-order chi connectivity index (χ0) is 18.1. The van der Waals surface area contributed by atoms with Crippen LogP contribution in [0.2, 0.25) is 0 Å². The summed E-state index contributed by atoms with van der Waals surface area (Å²) >= 11 is 0. The van der Waals surface area contributed by atoms with Gasteiger partial charge in [0, 0.05) is 25.7 Å². The molecular formula is C19H19F2N3O2. The number of morpholine rings is 1. The van der Waals surface area contributed by atoms with Crippen molar-refractivity contribution in [1.82, 2.24) is 14.8 Å². The summed E-state index contributed by atoms with van der Waals surface area (Å²) in [7, 11) is 0. The topological polar surface area (TPSA) is 45.7 Å². The van der Waals surface area contributed by atoms with Crippen molar-refractivity contribution >= 4 is 5.91 Å². The predicted octanol–water partition coefficient (Wildman–Crippen LogP) is 2.26. The van der Waals surface area contributed by atoms with Gasteiger partial charge in [0.1, 0.15) is 5.82 Å².